The lowest BCUT2D eigenvalue weighted by Gasteiger charge is -2.37. The number of aromatic nitrogens is 2. The molecule has 3 rings (SSSR count). The first-order valence-electron chi connectivity index (χ1n) is 8.82. The zero-order valence-electron chi connectivity index (χ0n) is 15.9. The molecule has 0 N–H and O–H groups in total. The second kappa shape index (κ2) is 7.85. The summed E-state index contributed by atoms with van der Waals surface area (Å²) in [5, 5.41) is 26.6. The summed E-state index contributed by atoms with van der Waals surface area (Å²) in [6.45, 7) is 4.41. The molecule has 0 saturated carbocycles. The molecule has 0 aliphatic carbocycles. The van der Waals surface area contributed by atoms with Crippen LogP contribution < -0.4 is 4.90 Å². The number of piperazine rings is 1. The second-order valence-electron chi connectivity index (χ2n) is 6.75. The number of halogens is 3. The lowest BCUT2D eigenvalue weighted by molar-refractivity contribution is -0.393. The topological polar surface area (TPSA) is 132 Å². The molecule has 1 fully saturated rings. The molecule has 1 unspecified atom stereocenters. The van der Waals surface area contributed by atoms with Crippen LogP contribution in [0.2, 0.25) is 0 Å². The molecule has 14 heteroatoms. The number of anilines is 1. The molecule has 1 aromatic carbocycles. The highest BCUT2D eigenvalue weighted by Crippen LogP contribution is 2.43. The van der Waals surface area contributed by atoms with E-state index in [1.807, 2.05) is 11.8 Å². The van der Waals surface area contributed by atoms with Crippen LogP contribution in [0.4, 0.5) is 30.2 Å². The van der Waals surface area contributed by atoms with Crippen molar-refractivity contribution in [3.05, 3.63) is 49.6 Å². The third-order valence-electron chi connectivity index (χ3n) is 4.87. The predicted molar refractivity (Wildman–Crippen MR) is 96.0 cm³/mol. The van der Waals surface area contributed by atoms with Crippen LogP contribution in [0.5, 0.6) is 0 Å². The van der Waals surface area contributed by atoms with E-state index in [4.69, 9.17) is 4.52 Å². The molecular weight excluding hydrogens is 413 g/mol. The van der Waals surface area contributed by atoms with Gasteiger partial charge in [-0.25, -0.2) is 0 Å². The molecule has 1 saturated heterocycles. The minimum Gasteiger partial charge on any atom is -0.358 e. The van der Waals surface area contributed by atoms with Crippen molar-refractivity contribution in [1.82, 2.24) is 15.0 Å². The number of nitrogens with zero attached hydrogens (tertiary/aromatic N) is 6. The van der Waals surface area contributed by atoms with Gasteiger partial charge in [0, 0.05) is 38.3 Å². The van der Waals surface area contributed by atoms with Gasteiger partial charge >= 0.3 is 6.18 Å². The second-order valence-corrected chi connectivity index (χ2v) is 6.75. The van der Waals surface area contributed by atoms with Crippen LogP contribution in [0.25, 0.3) is 0 Å². The van der Waals surface area contributed by atoms with Gasteiger partial charge in [-0.15, -0.1) is 0 Å². The summed E-state index contributed by atoms with van der Waals surface area (Å²) in [6.07, 6.45) is -4.95. The number of hydrogen-bond donors (Lipinski definition) is 0. The Morgan fingerprint density at radius 2 is 1.63 bits per heavy atom. The molecule has 0 radical (unpaired) electrons. The molecule has 1 atom stereocenters. The molecule has 1 aromatic heterocycles. The molecule has 0 amide bonds. The van der Waals surface area contributed by atoms with Crippen molar-refractivity contribution < 1.29 is 27.5 Å². The number of benzene rings is 1. The van der Waals surface area contributed by atoms with Gasteiger partial charge in [-0.3, -0.25) is 25.1 Å². The van der Waals surface area contributed by atoms with Crippen LogP contribution in [0, 0.1) is 27.2 Å². The van der Waals surface area contributed by atoms with Gasteiger partial charge in [0.15, 0.2) is 11.5 Å². The van der Waals surface area contributed by atoms with Gasteiger partial charge in [0.1, 0.15) is 0 Å². The van der Waals surface area contributed by atoms with E-state index in [1.54, 1.807) is 6.92 Å². The van der Waals surface area contributed by atoms with Crippen molar-refractivity contribution in [3.63, 3.8) is 0 Å². The predicted octanol–water partition coefficient (Wildman–Crippen LogP) is 3.10. The maximum atomic E-state index is 13.1. The van der Waals surface area contributed by atoms with Gasteiger partial charge in [-0.1, -0.05) is 5.16 Å². The zero-order valence-corrected chi connectivity index (χ0v) is 15.9. The fourth-order valence-electron chi connectivity index (χ4n) is 3.34. The standard InChI is InChI=1S/C16H17F3N6O5/c1-9(15-20-10(2)21-30-15)22-3-5-23(6-4-22)14-12(24(26)27)7-11(16(17,18)19)8-13(14)25(28)29/h7-9H,3-6H2,1-2H3. The van der Waals surface area contributed by atoms with Gasteiger partial charge in [-0.2, -0.15) is 18.2 Å². The van der Waals surface area contributed by atoms with Crippen molar-refractivity contribution in [2.24, 2.45) is 0 Å². The number of rotatable bonds is 5. The number of nitro groups is 2. The van der Waals surface area contributed by atoms with Crippen LogP contribution >= 0.6 is 0 Å². The van der Waals surface area contributed by atoms with Crippen LogP contribution in [0.1, 0.15) is 30.2 Å². The fraction of sp³-hybridized carbons (Fsp3) is 0.500. The molecule has 162 valence electrons. The Kier molecular flexibility index (Phi) is 5.61. The Morgan fingerprint density at radius 3 is 2.03 bits per heavy atom. The summed E-state index contributed by atoms with van der Waals surface area (Å²) in [5.41, 5.74) is -3.78. The Bertz CT molecular complexity index is 936. The smallest absolute Gasteiger partial charge is 0.358 e. The Balaban J connectivity index is 1.90. The average molecular weight is 430 g/mol. The molecule has 1 aliphatic heterocycles. The third-order valence-corrected chi connectivity index (χ3v) is 4.87. The highest BCUT2D eigenvalue weighted by atomic mass is 19.4. The van der Waals surface area contributed by atoms with E-state index in [-0.39, 0.29) is 19.1 Å². The average Bonchev–Trinajstić information content (AvgIpc) is 3.12. The van der Waals surface area contributed by atoms with E-state index < -0.39 is 38.6 Å². The number of hydrogen-bond acceptors (Lipinski definition) is 9. The number of aryl methyl sites for hydroxylation is 1. The van der Waals surface area contributed by atoms with E-state index >= 15 is 0 Å². The van der Waals surface area contributed by atoms with Gasteiger partial charge in [0.25, 0.3) is 11.4 Å². The molecule has 1 aliphatic rings. The molecule has 2 heterocycles. The first-order chi connectivity index (χ1) is 14.0. The molecule has 11 nitrogen and oxygen atoms in total. The SMILES string of the molecule is Cc1noc(C(C)N2CCN(c3c([N+](=O)[O-])cc(C(F)(F)F)cc3[N+](=O)[O-])CC2)n1. The van der Waals surface area contributed by atoms with Crippen LogP contribution in [-0.2, 0) is 6.18 Å². The lowest BCUT2D eigenvalue weighted by Crippen LogP contribution is -2.47. The van der Waals surface area contributed by atoms with E-state index in [0.717, 1.165) is 0 Å². The maximum Gasteiger partial charge on any atom is 0.416 e. The molecule has 2 aromatic rings. The summed E-state index contributed by atoms with van der Waals surface area (Å²) in [6, 6.07) is 0.405. The van der Waals surface area contributed by atoms with Crippen molar-refractivity contribution in [3.8, 4) is 0 Å². The van der Waals surface area contributed by atoms with Crippen molar-refractivity contribution in [2.75, 3.05) is 31.1 Å². The highest BCUT2D eigenvalue weighted by Gasteiger charge is 2.40. The summed E-state index contributed by atoms with van der Waals surface area (Å²) in [4.78, 5) is 28.2. The maximum absolute atomic E-state index is 13.1. The molecule has 0 bridgehead atoms. The zero-order chi connectivity index (χ0) is 22.2. The van der Waals surface area contributed by atoms with Crippen molar-refractivity contribution >= 4 is 17.1 Å². The van der Waals surface area contributed by atoms with Crippen LogP contribution in [0.3, 0.4) is 0 Å². The van der Waals surface area contributed by atoms with Crippen LogP contribution in [0.15, 0.2) is 16.7 Å². The Morgan fingerprint density at radius 1 is 1.10 bits per heavy atom. The quantitative estimate of drug-likeness (QED) is 0.518. The van der Waals surface area contributed by atoms with E-state index in [1.165, 1.54) is 4.90 Å². The summed E-state index contributed by atoms with van der Waals surface area (Å²) in [7, 11) is 0. The molecule has 30 heavy (non-hydrogen) atoms. The normalized spacial score (nSPS) is 16.5. The lowest BCUT2D eigenvalue weighted by atomic mass is 10.1. The van der Waals surface area contributed by atoms with E-state index in [2.05, 4.69) is 10.1 Å². The Labute approximate surface area is 167 Å². The minimum absolute atomic E-state index is 0.129. The van der Waals surface area contributed by atoms with Gasteiger partial charge in [0.05, 0.1) is 21.5 Å². The molecular formula is C16H17F3N6O5. The summed E-state index contributed by atoms with van der Waals surface area (Å²) < 4.78 is 44.3. The molecule has 0 spiro atoms. The summed E-state index contributed by atoms with van der Waals surface area (Å²) in [5.74, 6) is 0.846. The monoisotopic (exact) mass is 430 g/mol. The number of alkyl halides is 3. The van der Waals surface area contributed by atoms with E-state index in [9.17, 15) is 33.4 Å². The van der Waals surface area contributed by atoms with E-state index in [0.29, 0.717) is 36.9 Å². The summed E-state index contributed by atoms with van der Waals surface area (Å²) >= 11 is 0. The minimum atomic E-state index is -4.95. The van der Waals surface area contributed by atoms with Crippen molar-refractivity contribution in [2.45, 2.75) is 26.1 Å². The fourth-order valence-corrected chi connectivity index (χ4v) is 3.34. The Hall–Kier alpha value is -3.29. The third kappa shape index (κ3) is 4.17. The van der Waals surface area contributed by atoms with Gasteiger partial charge in [0.2, 0.25) is 5.89 Å². The van der Waals surface area contributed by atoms with Crippen molar-refractivity contribution in [1.29, 1.82) is 0 Å². The first-order valence-corrected chi connectivity index (χ1v) is 8.82. The first kappa shape index (κ1) is 21.4. The highest BCUT2D eigenvalue weighted by molar-refractivity contribution is 5.76. The van der Waals surface area contributed by atoms with Crippen LogP contribution in [-0.4, -0.2) is 51.1 Å². The largest absolute Gasteiger partial charge is 0.416 e. The number of nitro benzene ring substituents is 2. The van der Waals surface area contributed by atoms with Gasteiger partial charge in [-0.05, 0) is 13.8 Å². The van der Waals surface area contributed by atoms with Gasteiger partial charge < -0.3 is 9.42 Å².